The first kappa shape index (κ1) is 15.2. The van der Waals surface area contributed by atoms with Crippen LogP contribution in [0.1, 0.15) is 30.0 Å². The van der Waals surface area contributed by atoms with Crippen LogP contribution in [0.15, 0.2) is 11.4 Å². The Balaban J connectivity index is 1.56. The number of hydrogen-bond donors (Lipinski definition) is 0. The number of thiazole rings is 1. The first-order chi connectivity index (χ1) is 10.4. The molecule has 22 heavy (non-hydrogen) atoms. The third-order valence-corrected chi connectivity index (χ3v) is 4.98. The second-order valence-electron chi connectivity index (χ2n) is 5.92. The van der Waals surface area contributed by atoms with E-state index in [1.54, 1.807) is 18.9 Å². The maximum atomic E-state index is 11.3. The Morgan fingerprint density at radius 3 is 2.77 bits per heavy atom. The van der Waals surface area contributed by atoms with Crippen LogP contribution in [0, 0.1) is 13.8 Å². The van der Waals surface area contributed by atoms with Crippen LogP contribution in [0.4, 0.5) is 5.13 Å². The molecular weight excluding hydrogens is 298 g/mol. The van der Waals surface area contributed by atoms with Gasteiger partial charge in [0.1, 0.15) is 0 Å². The number of aryl methyl sites for hydroxylation is 2. The van der Waals surface area contributed by atoms with Crippen molar-refractivity contribution in [1.29, 1.82) is 0 Å². The summed E-state index contributed by atoms with van der Waals surface area (Å²) in [6.07, 6.45) is 0. The summed E-state index contributed by atoms with van der Waals surface area (Å²) in [5.74, 6) is 0.00874. The summed E-state index contributed by atoms with van der Waals surface area (Å²) in [7, 11) is 1.76. The van der Waals surface area contributed by atoms with Crippen molar-refractivity contribution in [3.63, 3.8) is 0 Å². The van der Waals surface area contributed by atoms with Crippen molar-refractivity contribution in [1.82, 2.24) is 19.7 Å². The molecule has 3 rings (SSSR count). The molecule has 0 unspecified atom stereocenters. The molecule has 0 atom stereocenters. The van der Waals surface area contributed by atoms with Crippen LogP contribution in [0.5, 0.6) is 0 Å². The quantitative estimate of drug-likeness (QED) is 0.865. The predicted molar refractivity (Wildman–Crippen MR) is 87.2 cm³/mol. The van der Waals surface area contributed by atoms with Gasteiger partial charge in [-0.1, -0.05) is 0 Å². The molecule has 0 N–H and O–H groups in total. The number of hydrogen-bond acceptors (Lipinski definition) is 5. The molecule has 0 radical (unpaired) electrons. The van der Waals surface area contributed by atoms with Gasteiger partial charge in [-0.2, -0.15) is 5.10 Å². The monoisotopic (exact) mass is 319 g/mol. The average Bonchev–Trinajstić information content (AvgIpc) is 2.99. The molecule has 1 amide bonds. The first-order valence-electron chi connectivity index (χ1n) is 7.38. The van der Waals surface area contributed by atoms with Gasteiger partial charge in [0.2, 0.25) is 5.91 Å². The molecule has 7 heteroatoms. The molecule has 1 saturated heterocycles. The Morgan fingerprint density at radius 1 is 1.45 bits per heavy atom. The van der Waals surface area contributed by atoms with Crippen molar-refractivity contribution in [2.75, 3.05) is 25.0 Å². The fourth-order valence-corrected chi connectivity index (χ4v) is 3.55. The molecule has 6 nitrogen and oxygen atoms in total. The minimum Gasteiger partial charge on any atom is -0.293 e. The topological polar surface area (TPSA) is 54.3 Å². The number of rotatable bonds is 4. The van der Waals surface area contributed by atoms with Gasteiger partial charge in [0, 0.05) is 44.7 Å². The molecule has 0 bridgehead atoms. The molecule has 1 fully saturated rings. The highest BCUT2D eigenvalue weighted by molar-refractivity contribution is 7.14. The van der Waals surface area contributed by atoms with E-state index in [0.29, 0.717) is 6.04 Å². The van der Waals surface area contributed by atoms with Crippen molar-refractivity contribution in [3.8, 4) is 0 Å². The highest BCUT2D eigenvalue weighted by Gasteiger charge is 2.30. The van der Waals surface area contributed by atoms with Crippen LogP contribution in [-0.2, 0) is 11.3 Å². The van der Waals surface area contributed by atoms with E-state index < -0.39 is 0 Å². The number of carbonyl (C=O) groups excluding carboxylic acids is 1. The Hall–Kier alpha value is -1.73. The maximum Gasteiger partial charge on any atom is 0.225 e. The van der Waals surface area contributed by atoms with Gasteiger partial charge in [-0.15, -0.1) is 11.3 Å². The second-order valence-corrected chi connectivity index (χ2v) is 6.76. The zero-order valence-corrected chi connectivity index (χ0v) is 14.2. The number of likely N-dealkylation sites (tertiary alicyclic amines) is 1. The molecule has 3 heterocycles. The molecular formula is C15H21N5OS. The van der Waals surface area contributed by atoms with E-state index in [2.05, 4.69) is 32.7 Å². The number of aromatic nitrogens is 3. The predicted octanol–water partition coefficient (Wildman–Crippen LogP) is 2.00. The molecule has 0 aliphatic carbocycles. The zero-order chi connectivity index (χ0) is 15.9. The molecule has 2 aromatic rings. The van der Waals surface area contributed by atoms with Crippen molar-refractivity contribution in [2.45, 2.75) is 33.4 Å². The summed E-state index contributed by atoms with van der Waals surface area (Å²) in [5, 5.41) is 7.35. The van der Waals surface area contributed by atoms with Gasteiger partial charge in [0.15, 0.2) is 5.13 Å². The van der Waals surface area contributed by atoms with Crippen LogP contribution < -0.4 is 4.90 Å². The van der Waals surface area contributed by atoms with Gasteiger partial charge in [0.05, 0.1) is 17.4 Å². The number of nitrogens with zero attached hydrogens (tertiary/aromatic N) is 5. The number of anilines is 1. The lowest BCUT2D eigenvalue weighted by molar-refractivity contribution is -0.116. The van der Waals surface area contributed by atoms with E-state index >= 15 is 0 Å². The summed E-state index contributed by atoms with van der Waals surface area (Å²) in [4.78, 5) is 19.8. The summed E-state index contributed by atoms with van der Waals surface area (Å²) in [5.41, 5.74) is 3.33. The van der Waals surface area contributed by atoms with Crippen molar-refractivity contribution in [2.24, 2.45) is 0 Å². The highest BCUT2D eigenvalue weighted by atomic mass is 32.1. The molecule has 0 aromatic carbocycles. The average molecular weight is 319 g/mol. The highest BCUT2D eigenvalue weighted by Crippen LogP contribution is 2.26. The van der Waals surface area contributed by atoms with Crippen molar-refractivity contribution >= 4 is 22.4 Å². The normalized spacial score (nSPS) is 15.8. The Morgan fingerprint density at radius 2 is 2.18 bits per heavy atom. The van der Waals surface area contributed by atoms with E-state index in [-0.39, 0.29) is 5.91 Å². The largest absolute Gasteiger partial charge is 0.293 e. The van der Waals surface area contributed by atoms with Crippen LogP contribution >= 0.6 is 11.3 Å². The van der Waals surface area contributed by atoms with Crippen molar-refractivity contribution in [3.05, 3.63) is 28.5 Å². The van der Waals surface area contributed by atoms with E-state index in [1.165, 1.54) is 17.0 Å². The molecule has 118 valence electrons. The zero-order valence-electron chi connectivity index (χ0n) is 13.4. The minimum absolute atomic E-state index is 0.00874. The van der Waals surface area contributed by atoms with Gasteiger partial charge in [-0.25, -0.2) is 4.98 Å². The van der Waals surface area contributed by atoms with Crippen LogP contribution in [0.3, 0.4) is 0 Å². The lowest BCUT2D eigenvalue weighted by Gasteiger charge is -2.39. The SMILES string of the molecule is CC(=O)N(C)c1nc(CN2CC(n3nc(C)cc3C)C2)cs1. The Bertz CT molecular complexity index is 686. The van der Waals surface area contributed by atoms with E-state index in [9.17, 15) is 4.79 Å². The Labute approximate surface area is 134 Å². The third-order valence-electron chi connectivity index (χ3n) is 4.01. The van der Waals surface area contributed by atoms with Gasteiger partial charge in [-0.3, -0.25) is 19.3 Å². The van der Waals surface area contributed by atoms with Crippen LogP contribution in [0.25, 0.3) is 0 Å². The smallest absolute Gasteiger partial charge is 0.225 e. The van der Waals surface area contributed by atoms with Gasteiger partial charge >= 0.3 is 0 Å². The second kappa shape index (κ2) is 5.81. The van der Waals surface area contributed by atoms with Crippen molar-refractivity contribution < 1.29 is 4.79 Å². The lowest BCUT2D eigenvalue weighted by Crippen LogP contribution is -2.47. The fourth-order valence-electron chi connectivity index (χ4n) is 2.73. The summed E-state index contributed by atoms with van der Waals surface area (Å²) in [6, 6.07) is 2.58. The molecule has 0 saturated carbocycles. The lowest BCUT2D eigenvalue weighted by atomic mass is 10.1. The van der Waals surface area contributed by atoms with Gasteiger partial charge in [-0.05, 0) is 19.9 Å². The number of amides is 1. The minimum atomic E-state index is 0.00874. The van der Waals surface area contributed by atoms with E-state index in [4.69, 9.17) is 0 Å². The third kappa shape index (κ3) is 2.91. The van der Waals surface area contributed by atoms with Gasteiger partial charge in [0.25, 0.3) is 0 Å². The van der Waals surface area contributed by atoms with Crippen LogP contribution in [0.2, 0.25) is 0 Å². The molecule has 1 aliphatic rings. The Kier molecular flexibility index (Phi) is 4.01. The van der Waals surface area contributed by atoms with Gasteiger partial charge < -0.3 is 0 Å². The summed E-state index contributed by atoms with van der Waals surface area (Å²) >= 11 is 1.52. The molecule has 2 aromatic heterocycles. The summed E-state index contributed by atoms with van der Waals surface area (Å²) in [6.45, 7) is 8.51. The van der Waals surface area contributed by atoms with Crippen LogP contribution in [-0.4, -0.2) is 45.7 Å². The first-order valence-corrected chi connectivity index (χ1v) is 8.26. The van der Waals surface area contributed by atoms with E-state index in [0.717, 1.165) is 36.2 Å². The maximum absolute atomic E-state index is 11.3. The van der Waals surface area contributed by atoms with E-state index in [1.807, 2.05) is 12.3 Å². The molecule has 0 spiro atoms. The summed E-state index contributed by atoms with van der Waals surface area (Å²) < 4.78 is 2.13. The number of carbonyl (C=O) groups is 1. The fraction of sp³-hybridized carbons (Fsp3) is 0.533. The molecule has 1 aliphatic heterocycles. The standard InChI is InChI=1S/C15H21N5OS/c1-10-5-11(2)20(17-10)14-7-19(8-14)6-13-9-22-15(16-13)18(4)12(3)21/h5,9,14H,6-8H2,1-4H3.